The SMILES string of the molecule is C[C@H]1CCc2c(sc3nc(SCCC(=O)Nc4ccccc4C#N)nc(N)c23)C1. The maximum atomic E-state index is 12.2. The van der Waals surface area contributed by atoms with Crippen LogP contribution in [0.1, 0.15) is 35.8 Å². The lowest BCUT2D eigenvalue weighted by molar-refractivity contribution is -0.115. The number of thiophene rings is 1. The summed E-state index contributed by atoms with van der Waals surface area (Å²) in [5.74, 6) is 1.63. The van der Waals surface area contributed by atoms with Gasteiger partial charge in [-0.05, 0) is 42.9 Å². The van der Waals surface area contributed by atoms with Crippen molar-refractivity contribution >= 4 is 50.7 Å². The molecule has 0 spiro atoms. The van der Waals surface area contributed by atoms with Gasteiger partial charge in [0.2, 0.25) is 5.91 Å². The molecule has 1 atom stereocenters. The van der Waals surface area contributed by atoms with Crippen molar-refractivity contribution in [2.45, 2.75) is 37.8 Å². The highest BCUT2D eigenvalue weighted by molar-refractivity contribution is 7.99. The summed E-state index contributed by atoms with van der Waals surface area (Å²) in [4.78, 5) is 23.7. The zero-order valence-electron chi connectivity index (χ0n) is 16.1. The predicted molar refractivity (Wildman–Crippen MR) is 118 cm³/mol. The monoisotopic (exact) mass is 423 g/mol. The standard InChI is InChI=1S/C21H21N5OS2/c1-12-6-7-14-16(10-12)29-20-18(14)19(23)25-21(26-20)28-9-8-17(27)24-15-5-3-2-4-13(15)11-22/h2-5,12H,6-10H2,1H3,(H,24,27)(H2,23,25,26)/t12-/m0/s1. The van der Waals surface area contributed by atoms with Gasteiger partial charge in [-0.1, -0.05) is 30.8 Å². The fraction of sp³-hybridized carbons (Fsp3) is 0.333. The molecule has 3 aromatic rings. The number of fused-ring (bicyclic) bond motifs is 3. The predicted octanol–water partition coefficient (Wildman–Crippen LogP) is 4.39. The first-order chi connectivity index (χ1) is 14.0. The van der Waals surface area contributed by atoms with E-state index in [0.717, 1.165) is 23.1 Å². The fourth-order valence-electron chi connectivity index (χ4n) is 3.55. The van der Waals surface area contributed by atoms with Crippen LogP contribution in [0.5, 0.6) is 0 Å². The average Bonchev–Trinajstić information content (AvgIpc) is 3.06. The Morgan fingerprint density at radius 3 is 3.07 bits per heavy atom. The van der Waals surface area contributed by atoms with Crippen molar-refractivity contribution < 1.29 is 4.79 Å². The van der Waals surface area contributed by atoms with Gasteiger partial charge in [-0.2, -0.15) is 5.26 Å². The minimum atomic E-state index is -0.144. The molecule has 6 nitrogen and oxygen atoms in total. The second-order valence-electron chi connectivity index (χ2n) is 7.23. The quantitative estimate of drug-likeness (QED) is 0.466. The second kappa shape index (κ2) is 8.39. The highest BCUT2D eigenvalue weighted by atomic mass is 32.2. The van der Waals surface area contributed by atoms with Crippen molar-refractivity contribution in [3.05, 3.63) is 40.3 Å². The summed E-state index contributed by atoms with van der Waals surface area (Å²) < 4.78 is 0. The van der Waals surface area contributed by atoms with Crippen LogP contribution in [0.3, 0.4) is 0 Å². The molecule has 29 heavy (non-hydrogen) atoms. The van der Waals surface area contributed by atoms with Gasteiger partial charge in [0.25, 0.3) is 0 Å². The topological polar surface area (TPSA) is 105 Å². The van der Waals surface area contributed by atoms with E-state index in [1.54, 1.807) is 35.6 Å². The van der Waals surface area contributed by atoms with E-state index < -0.39 is 0 Å². The van der Waals surface area contributed by atoms with E-state index in [1.165, 1.54) is 28.6 Å². The van der Waals surface area contributed by atoms with Crippen molar-refractivity contribution in [3.63, 3.8) is 0 Å². The molecule has 148 valence electrons. The molecule has 0 radical (unpaired) electrons. The van der Waals surface area contributed by atoms with Crippen LogP contribution in [-0.2, 0) is 17.6 Å². The molecule has 4 rings (SSSR count). The Hall–Kier alpha value is -2.63. The first-order valence-corrected chi connectivity index (χ1v) is 11.3. The summed E-state index contributed by atoms with van der Waals surface area (Å²) in [6.45, 7) is 2.28. The average molecular weight is 424 g/mol. The smallest absolute Gasteiger partial charge is 0.225 e. The van der Waals surface area contributed by atoms with Gasteiger partial charge < -0.3 is 11.1 Å². The van der Waals surface area contributed by atoms with Crippen molar-refractivity contribution in [3.8, 4) is 6.07 Å². The third-order valence-corrected chi connectivity index (χ3v) is 7.04. The fourth-order valence-corrected chi connectivity index (χ4v) is 5.79. The number of hydrogen-bond acceptors (Lipinski definition) is 7. The van der Waals surface area contributed by atoms with E-state index in [1.807, 2.05) is 0 Å². The molecule has 0 saturated carbocycles. The van der Waals surface area contributed by atoms with Crippen LogP contribution >= 0.6 is 23.1 Å². The first-order valence-electron chi connectivity index (χ1n) is 9.54. The third-order valence-electron chi connectivity index (χ3n) is 5.04. The molecule has 2 aromatic heterocycles. The largest absolute Gasteiger partial charge is 0.383 e. The van der Waals surface area contributed by atoms with Crippen LogP contribution in [0.15, 0.2) is 29.4 Å². The molecule has 2 heterocycles. The summed E-state index contributed by atoms with van der Waals surface area (Å²) in [6.07, 6.45) is 3.60. The highest BCUT2D eigenvalue weighted by Gasteiger charge is 2.23. The van der Waals surface area contributed by atoms with E-state index in [2.05, 4.69) is 28.3 Å². The van der Waals surface area contributed by atoms with Gasteiger partial charge in [-0.25, -0.2) is 9.97 Å². The molecular formula is C21H21N5OS2. The number of hydrogen-bond donors (Lipinski definition) is 2. The van der Waals surface area contributed by atoms with Gasteiger partial charge in [-0.15, -0.1) is 11.3 Å². The summed E-state index contributed by atoms with van der Waals surface area (Å²) in [7, 11) is 0. The minimum Gasteiger partial charge on any atom is -0.383 e. The van der Waals surface area contributed by atoms with Crippen LogP contribution in [0.25, 0.3) is 10.2 Å². The number of nitriles is 1. The van der Waals surface area contributed by atoms with Crippen molar-refractivity contribution in [2.24, 2.45) is 5.92 Å². The van der Waals surface area contributed by atoms with Crippen LogP contribution in [0.2, 0.25) is 0 Å². The van der Waals surface area contributed by atoms with Crippen LogP contribution in [-0.4, -0.2) is 21.6 Å². The normalized spacial score (nSPS) is 15.7. The maximum Gasteiger partial charge on any atom is 0.225 e. The number of amides is 1. The Labute approximate surface area is 177 Å². The number of nitrogen functional groups attached to an aromatic ring is 1. The minimum absolute atomic E-state index is 0.144. The van der Waals surface area contributed by atoms with E-state index in [0.29, 0.717) is 40.3 Å². The Kier molecular flexibility index (Phi) is 5.69. The number of nitrogens with one attached hydrogen (secondary N) is 1. The Balaban J connectivity index is 1.41. The van der Waals surface area contributed by atoms with Crippen LogP contribution < -0.4 is 11.1 Å². The lowest BCUT2D eigenvalue weighted by atomic mass is 9.89. The number of para-hydroxylation sites is 1. The molecule has 3 N–H and O–H groups in total. The number of benzene rings is 1. The number of nitrogens with zero attached hydrogens (tertiary/aromatic N) is 3. The first kappa shape index (κ1) is 19.7. The van der Waals surface area contributed by atoms with Gasteiger partial charge in [0.1, 0.15) is 16.7 Å². The Morgan fingerprint density at radius 2 is 2.24 bits per heavy atom. The lowest BCUT2D eigenvalue weighted by Crippen LogP contribution is -2.13. The number of carbonyl (C=O) groups is 1. The van der Waals surface area contributed by atoms with E-state index >= 15 is 0 Å². The summed E-state index contributed by atoms with van der Waals surface area (Å²) >= 11 is 3.15. The van der Waals surface area contributed by atoms with Gasteiger partial charge in [-0.3, -0.25) is 4.79 Å². The number of rotatable bonds is 5. The van der Waals surface area contributed by atoms with E-state index in [4.69, 9.17) is 11.0 Å². The summed E-state index contributed by atoms with van der Waals surface area (Å²) in [5, 5.41) is 13.5. The van der Waals surface area contributed by atoms with E-state index in [9.17, 15) is 4.79 Å². The lowest BCUT2D eigenvalue weighted by Gasteiger charge is -2.17. The second-order valence-corrected chi connectivity index (χ2v) is 9.37. The number of nitrogens with two attached hydrogens (primary N) is 1. The summed E-state index contributed by atoms with van der Waals surface area (Å²) in [5.41, 5.74) is 8.57. The number of aromatic nitrogens is 2. The molecule has 0 fully saturated rings. The van der Waals surface area contributed by atoms with Gasteiger partial charge >= 0.3 is 0 Å². The molecule has 1 amide bonds. The molecule has 1 aliphatic rings. The van der Waals surface area contributed by atoms with Crippen molar-refractivity contribution in [2.75, 3.05) is 16.8 Å². The van der Waals surface area contributed by atoms with Gasteiger partial charge in [0.15, 0.2) is 5.16 Å². The van der Waals surface area contributed by atoms with Crippen molar-refractivity contribution in [1.29, 1.82) is 5.26 Å². The molecule has 1 aromatic carbocycles. The molecule has 0 unspecified atom stereocenters. The Bertz CT molecular complexity index is 1120. The summed E-state index contributed by atoms with van der Waals surface area (Å²) in [6, 6.07) is 9.04. The van der Waals surface area contributed by atoms with Crippen LogP contribution in [0.4, 0.5) is 11.5 Å². The van der Waals surface area contributed by atoms with Crippen LogP contribution in [0, 0.1) is 17.2 Å². The Morgan fingerprint density at radius 1 is 1.41 bits per heavy atom. The van der Waals surface area contributed by atoms with Gasteiger partial charge in [0, 0.05) is 17.1 Å². The molecule has 1 aliphatic carbocycles. The van der Waals surface area contributed by atoms with Gasteiger partial charge in [0.05, 0.1) is 16.6 Å². The molecule has 8 heteroatoms. The number of carbonyl (C=O) groups excluding carboxylic acids is 1. The molecule has 0 bridgehead atoms. The maximum absolute atomic E-state index is 12.2. The molecule has 0 saturated heterocycles. The van der Waals surface area contributed by atoms with Crippen molar-refractivity contribution in [1.82, 2.24) is 9.97 Å². The zero-order chi connectivity index (χ0) is 20.4. The third kappa shape index (κ3) is 4.21. The zero-order valence-corrected chi connectivity index (χ0v) is 17.7. The number of aryl methyl sites for hydroxylation is 1. The number of anilines is 2. The molecular weight excluding hydrogens is 402 g/mol. The molecule has 0 aliphatic heterocycles. The number of thioether (sulfide) groups is 1. The van der Waals surface area contributed by atoms with E-state index in [-0.39, 0.29) is 5.91 Å². The highest BCUT2D eigenvalue weighted by Crippen LogP contribution is 2.39.